The monoisotopic (exact) mass is 282 g/mol. The Morgan fingerprint density at radius 1 is 0.545 bits per heavy atom. The van der Waals surface area contributed by atoms with Crippen LogP contribution in [0.3, 0.4) is 0 Å². The van der Waals surface area contributed by atoms with E-state index < -0.39 is 0 Å². The molecule has 2 nitrogen and oxygen atoms in total. The van der Waals surface area contributed by atoms with Gasteiger partial charge in [-0.3, -0.25) is 0 Å². The fraction of sp³-hybridized carbons (Fsp3) is 0. The van der Waals surface area contributed by atoms with Crippen LogP contribution < -0.4 is 0 Å². The molecule has 0 aliphatic carbocycles. The highest BCUT2D eigenvalue weighted by molar-refractivity contribution is 6.19. The van der Waals surface area contributed by atoms with E-state index in [9.17, 15) is 0 Å². The summed E-state index contributed by atoms with van der Waals surface area (Å²) in [5, 5.41) is 0. The van der Waals surface area contributed by atoms with Crippen molar-refractivity contribution in [1.82, 2.24) is 0 Å². The van der Waals surface area contributed by atoms with Gasteiger partial charge in [-0.15, -0.1) is 0 Å². The normalized spacial score (nSPS) is 12.6. The van der Waals surface area contributed by atoms with Gasteiger partial charge in [-0.05, 0) is 11.6 Å². The molecule has 1 aliphatic heterocycles. The second-order valence-electron chi connectivity index (χ2n) is 5.15. The first-order chi connectivity index (χ1) is 10.9. The van der Waals surface area contributed by atoms with E-state index in [1.54, 1.807) is 6.34 Å². The summed E-state index contributed by atoms with van der Waals surface area (Å²) in [6, 6.07) is 26.8. The Labute approximate surface area is 129 Å². The maximum atomic E-state index is 4.62. The molecule has 0 N–H and O–H groups in total. The summed E-state index contributed by atoms with van der Waals surface area (Å²) < 4.78 is 0. The fourth-order valence-corrected chi connectivity index (χ4v) is 2.78. The lowest BCUT2D eigenvalue weighted by atomic mass is 9.92. The standard InChI is InChI=1S/C20H14N2/c1-2-8-15(9-3-1)20-18-12-5-4-10-16(18)17-11-6-7-13-19(17)21-14-22-20/h1-14H. The summed E-state index contributed by atoms with van der Waals surface area (Å²) in [7, 11) is 0. The molecule has 0 bridgehead atoms. The van der Waals surface area contributed by atoms with Crippen molar-refractivity contribution in [3.05, 3.63) is 90.0 Å². The van der Waals surface area contributed by atoms with Crippen LogP contribution in [0.1, 0.15) is 11.1 Å². The van der Waals surface area contributed by atoms with E-state index in [2.05, 4.69) is 52.4 Å². The van der Waals surface area contributed by atoms with Crippen molar-refractivity contribution in [1.29, 1.82) is 0 Å². The molecule has 2 heteroatoms. The minimum Gasteiger partial charge on any atom is -0.236 e. The lowest BCUT2D eigenvalue weighted by Gasteiger charge is -2.15. The van der Waals surface area contributed by atoms with E-state index in [4.69, 9.17) is 0 Å². The van der Waals surface area contributed by atoms with Crippen molar-refractivity contribution in [3.8, 4) is 11.1 Å². The Balaban J connectivity index is 2.01. The van der Waals surface area contributed by atoms with Crippen molar-refractivity contribution in [2.45, 2.75) is 0 Å². The largest absolute Gasteiger partial charge is 0.236 e. The smallest absolute Gasteiger partial charge is 0.116 e. The van der Waals surface area contributed by atoms with E-state index in [-0.39, 0.29) is 0 Å². The molecular formula is C20H14N2. The second kappa shape index (κ2) is 5.41. The number of benzene rings is 3. The molecule has 1 heterocycles. The number of hydrogen-bond donors (Lipinski definition) is 0. The first-order valence-electron chi connectivity index (χ1n) is 7.28. The van der Waals surface area contributed by atoms with E-state index in [1.807, 2.05) is 36.4 Å². The van der Waals surface area contributed by atoms with Gasteiger partial charge in [0.05, 0.1) is 11.4 Å². The van der Waals surface area contributed by atoms with Gasteiger partial charge >= 0.3 is 0 Å². The van der Waals surface area contributed by atoms with E-state index in [0.29, 0.717) is 0 Å². The molecule has 0 radical (unpaired) electrons. The Morgan fingerprint density at radius 2 is 1.18 bits per heavy atom. The predicted molar refractivity (Wildman–Crippen MR) is 92.1 cm³/mol. The molecule has 0 spiro atoms. The average molecular weight is 282 g/mol. The van der Waals surface area contributed by atoms with Crippen LogP contribution in [0.25, 0.3) is 11.1 Å². The molecule has 3 aromatic carbocycles. The van der Waals surface area contributed by atoms with Crippen LogP contribution in [-0.4, -0.2) is 12.1 Å². The van der Waals surface area contributed by atoms with Gasteiger partial charge in [0.1, 0.15) is 6.34 Å². The molecule has 0 saturated carbocycles. The second-order valence-corrected chi connectivity index (χ2v) is 5.15. The zero-order chi connectivity index (χ0) is 14.8. The lowest BCUT2D eigenvalue weighted by Crippen LogP contribution is -2.06. The van der Waals surface area contributed by atoms with Crippen molar-refractivity contribution in [2.24, 2.45) is 9.98 Å². The highest BCUT2D eigenvalue weighted by atomic mass is 14.9. The molecule has 0 fully saturated rings. The highest BCUT2D eigenvalue weighted by Crippen LogP contribution is 2.34. The zero-order valence-electron chi connectivity index (χ0n) is 12.0. The molecule has 1 aliphatic rings. The van der Waals surface area contributed by atoms with Gasteiger partial charge in [0, 0.05) is 16.7 Å². The third-order valence-electron chi connectivity index (χ3n) is 3.81. The molecule has 4 rings (SSSR count). The number of rotatable bonds is 1. The Hall–Kier alpha value is -3.00. The van der Waals surface area contributed by atoms with Gasteiger partial charge in [0.15, 0.2) is 0 Å². The molecule has 0 atom stereocenters. The van der Waals surface area contributed by atoms with Crippen molar-refractivity contribution in [3.63, 3.8) is 0 Å². The summed E-state index contributed by atoms with van der Waals surface area (Å²) in [6.07, 6.45) is 1.65. The van der Waals surface area contributed by atoms with E-state index >= 15 is 0 Å². The number of para-hydroxylation sites is 1. The fourth-order valence-electron chi connectivity index (χ4n) is 2.78. The minimum absolute atomic E-state index is 0.950. The van der Waals surface area contributed by atoms with Gasteiger partial charge in [-0.1, -0.05) is 72.8 Å². The molecule has 3 aromatic rings. The van der Waals surface area contributed by atoms with Crippen LogP contribution in [-0.2, 0) is 0 Å². The summed E-state index contributed by atoms with van der Waals surface area (Å²) >= 11 is 0. The van der Waals surface area contributed by atoms with Crippen LogP contribution in [0.2, 0.25) is 0 Å². The molecular weight excluding hydrogens is 268 g/mol. The van der Waals surface area contributed by atoms with Gasteiger partial charge < -0.3 is 0 Å². The van der Waals surface area contributed by atoms with Crippen LogP contribution in [0.5, 0.6) is 0 Å². The first kappa shape index (κ1) is 12.7. The molecule has 0 amide bonds. The SMILES string of the molecule is C1=Nc2ccccc2-c2ccccc2C(c2ccccc2)=N1. The van der Waals surface area contributed by atoms with Crippen LogP contribution in [0, 0.1) is 0 Å². The van der Waals surface area contributed by atoms with Gasteiger partial charge in [0.2, 0.25) is 0 Å². The summed E-state index contributed by atoms with van der Waals surface area (Å²) in [4.78, 5) is 9.13. The summed E-state index contributed by atoms with van der Waals surface area (Å²) in [5.74, 6) is 0. The van der Waals surface area contributed by atoms with E-state index in [1.165, 1.54) is 0 Å². The molecule has 0 unspecified atom stereocenters. The van der Waals surface area contributed by atoms with Crippen LogP contribution in [0.15, 0.2) is 88.8 Å². The Bertz CT molecular complexity index is 877. The maximum Gasteiger partial charge on any atom is 0.116 e. The number of aliphatic imine (C=N–C) groups is 2. The quantitative estimate of drug-likeness (QED) is 0.608. The minimum atomic E-state index is 0.950. The highest BCUT2D eigenvalue weighted by Gasteiger charge is 2.15. The summed E-state index contributed by atoms with van der Waals surface area (Å²) in [6.45, 7) is 0. The number of hydrogen-bond acceptors (Lipinski definition) is 2. The maximum absolute atomic E-state index is 4.62. The first-order valence-corrected chi connectivity index (χ1v) is 7.28. The average Bonchev–Trinajstić information content (AvgIpc) is 2.58. The molecule has 22 heavy (non-hydrogen) atoms. The number of fused-ring (bicyclic) bond motifs is 3. The van der Waals surface area contributed by atoms with Gasteiger partial charge in [-0.25, -0.2) is 9.98 Å². The molecule has 0 saturated heterocycles. The Morgan fingerprint density at radius 3 is 2.00 bits per heavy atom. The third kappa shape index (κ3) is 2.15. The topological polar surface area (TPSA) is 24.7 Å². The van der Waals surface area contributed by atoms with Crippen LogP contribution >= 0.6 is 0 Å². The Kier molecular flexibility index (Phi) is 3.13. The number of nitrogens with zero attached hydrogens (tertiary/aromatic N) is 2. The van der Waals surface area contributed by atoms with Crippen LogP contribution in [0.4, 0.5) is 5.69 Å². The third-order valence-corrected chi connectivity index (χ3v) is 3.81. The molecule has 0 aromatic heterocycles. The van der Waals surface area contributed by atoms with Gasteiger partial charge in [-0.2, -0.15) is 0 Å². The van der Waals surface area contributed by atoms with Crippen molar-refractivity contribution in [2.75, 3.05) is 0 Å². The zero-order valence-corrected chi connectivity index (χ0v) is 12.0. The molecule has 104 valence electrons. The van der Waals surface area contributed by atoms with Crippen molar-refractivity contribution < 1.29 is 0 Å². The predicted octanol–water partition coefficient (Wildman–Crippen LogP) is 4.86. The lowest BCUT2D eigenvalue weighted by molar-refractivity contribution is 1.46. The van der Waals surface area contributed by atoms with Crippen molar-refractivity contribution >= 4 is 17.7 Å². The van der Waals surface area contributed by atoms with Gasteiger partial charge in [0.25, 0.3) is 0 Å². The summed E-state index contributed by atoms with van der Waals surface area (Å²) in [5.41, 5.74) is 6.43. The van der Waals surface area contributed by atoms with E-state index in [0.717, 1.165) is 33.7 Å².